The van der Waals surface area contributed by atoms with Crippen LogP contribution in [0.3, 0.4) is 0 Å². The first-order chi connectivity index (χ1) is 16.3. The standard InChI is InChI=1S/C26H31BrN4O3/c1-18(2)30-15-16-31(26(30)33)23-10-9-22(17-19(23)3)28-11-13-29(14-12-28)24(25(32)34-4)20-5-7-21(27)8-6-20/h5-10,15-18,24H,11-14H2,1-4H3. The van der Waals surface area contributed by atoms with E-state index in [-0.39, 0.29) is 17.7 Å². The summed E-state index contributed by atoms with van der Waals surface area (Å²) in [6.07, 6.45) is 3.67. The molecule has 4 rings (SSSR count). The Morgan fingerprint density at radius 3 is 2.24 bits per heavy atom. The zero-order chi connectivity index (χ0) is 24.4. The molecular weight excluding hydrogens is 496 g/mol. The highest BCUT2D eigenvalue weighted by molar-refractivity contribution is 9.10. The molecular formula is C26H31BrN4O3. The van der Waals surface area contributed by atoms with Crippen molar-refractivity contribution in [2.75, 3.05) is 38.2 Å². The maximum absolute atomic E-state index is 12.7. The number of esters is 1. The van der Waals surface area contributed by atoms with Gasteiger partial charge in [-0.2, -0.15) is 0 Å². The van der Waals surface area contributed by atoms with Gasteiger partial charge in [-0.25, -0.2) is 9.59 Å². The molecule has 34 heavy (non-hydrogen) atoms. The molecule has 1 aromatic heterocycles. The number of nitrogens with zero attached hydrogens (tertiary/aromatic N) is 4. The summed E-state index contributed by atoms with van der Waals surface area (Å²) in [4.78, 5) is 29.9. The molecule has 180 valence electrons. The van der Waals surface area contributed by atoms with E-state index in [9.17, 15) is 9.59 Å². The van der Waals surface area contributed by atoms with E-state index in [0.29, 0.717) is 0 Å². The first-order valence-electron chi connectivity index (χ1n) is 11.5. The van der Waals surface area contributed by atoms with Crippen molar-refractivity contribution in [2.24, 2.45) is 0 Å². The molecule has 0 spiro atoms. The Labute approximate surface area is 208 Å². The van der Waals surface area contributed by atoms with E-state index in [1.54, 1.807) is 9.13 Å². The first kappa shape index (κ1) is 24.3. The van der Waals surface area contributed by atoms with E-state index >= 15 is 0 Å². The Kier molecular flexibility index (Phi) is 7.28. The molecule has 1 aliphatic rings. The lowest BCUT2D eigenvalue weighted by Crippen LogP contribution is -2.49. The van der Waals surface area contributed by atoms with Gasteiger partial charge >= 0.3 is 11.7 Å². The van der Waals surface area contributed by atoms with Gasteiger partial charge in [0.15, 0.2) is 0 Å². The molecule has 3 aromatic rings. The van der Waals surface area contributed by atoms with Crippen molar-refractivity contribution in [1.82, 2.24) is 14.0 Å². The van der Waals surface area contributed by atoms with Gasteiger partial charge in [-0.1, -0.05) is 28.1 Å². The Balaban J connectivity index is 1.49. The van der Waals surface area contributed by atoms with E-state index in [0.717, 1.165) is 53.2 Å². The number of hydrogen-bond donors (Lipinski definition) is 0. The van der Waals surface area contributed by atoms with Crippen LogP contribution in [0.15, 0.2) is 64.1 Å². The second-order valence-corrected chi connectivity index (χ2v) is 9.84. The second-order valence-electron chi connectivity index (χ2n) is 8.92. The summed E-state index contributed by atoms with van der Waals surface area (Å²) in [5, 5.41) is 0. The molecule has 0 radical (unpaired) electrons. The monoisotopic (exact) mass is 526 g/mol. The van der Waals surface area contributed by atoms with Crippen molar-refractivity contribution in [2.45, 2.75) is 32.9 Å². The van der Waals surface area contributed by atoms with Gasteiger partial charge in [0.05, 0.1) is 12.8 Å². The van der Waals surface area contributed by atoms with Crippen molar-refractivity contribution < 1.29 is 9.53 Å². The quantitative estimate of drug-likeness (QED) is 0.447. The fraction of sp³-hybridized carbons (Fsp3) is 0.385. The molecule has 0 aliphatic carbocycles. The molecule has 1 atom stereocenters. The van der Waals surface area contributed by atoms with Crippen LogP contribution in [-0.2, 0) is 9.53 Å². The molecule has 1 saturated heterocycles. The van der Waals surface area contributed by atoms with Crippen LogP contribution in [0.2, 0.25) is 0 Å². The Morgan fingerprint density at radius 2 is 1.68 bits per heavy atom. The lowest BCUT2D eigenvalue weighted by atomic mass is 10.0. The van der Waals surface area contributed by atoms with Crippen LogP contribution in [0, 0.1) is 6.92 Å². The van der Waals surface area contributed by atoms with Crippen LogP contribution in [0.4, 0.5) is 5.69 Å². The lowest BCUT2D eigenvalue weighted by Gasteiger charge is -2.39. The summed E-state index contributed by atoms with van der Waals surface area (Å²) in [7, 11) is 1.44. The molecule has 8 heteroatoms. The van der Waals surface area contributed by atoms with Crippen molar-refractivity contribution in [3.05, 3.63) is 80.9 Å². The summed E-state index contributed by atoms with van der Waals surface area (Å²) in [5.74, 6) is -0.241. The second kappa shape index (κ2) is 10.2. The SMILES string of the molecule is COC(=O)C(c1ccc(Br)cc1)N1CCN(c2ccc(-n3ccn(C(C)C)c3=O)c(C)c2)CC1. The third-order valence-electron chi connectivity index (χ3n) is 6.45. The number of rotatable bonds is 6. The first-order valence-corrected chi connectivity index (χ1v) is 12.3. The maximum atomic E-state index is 12.7. The fourth-order valence-electron chi connectivity index (χ4n) is 4.56. The van der Waals surface area contributed by atoms with E-state index in [1.807, 2.05) is 63.5 Å². The number of carbonyl (C=O) groups excluding carboxylic acids is 1. The van der Waals surface area contributed by atoms with Gasteiger partial charge in [-0.3, -0.25) is 14.0 Å². The number of carbonyl (C=O) groups is 1. The minimum absolute atomic E-state index is 0.0266. The highest BCUT2D eigenvalue weighted by atomic mass is 79.9. The van der Waals surface area contributed by atoms with Crippen molar-refractivity contribution in [3.63, 3.8) is 0 Å². The number of ether oxygens (including phenoxy) is 1. The Bertz CT molecular complexity index is 1210. The average molecular weight is 527 g/mol. The zero-order valence-corrected chi connectivity index (χ0v) is 21.7. The van der Waals surface area contributed by atoms with Gasteiger partial charge in [0.2, 0.25) is 0 Å². The van der Waals surface area contributed by atoms with Crippen LogP contribution in [0.25, 0.3) is 5.69 Å². The Morgan fingerprint density at radius 1 is 1.00 bits per heavy atom. The lowest BCUT2D eigenvalue weighted by molar-refractivity contribution is -0.147. The van der Waals surface area contributed by atoms with Gasteiger partial charge in [-0.05, 0) is 62.2 Å². The smallest absolute Gasteiger partial charge is 0.332 e. The van der Waals surface area contributed by atoms with Gasteiger partial charge in [0.25, 0.3) is 0 Å². The van der Waals surface area contributed by atoms with Crippen LogP contribution in [0.5, 0.6) is 0 Å². The number of halogens is 1. The minimum atomic E-state index is -0.416. The number of benzene rings is 2. The molecule has 1 unspecified atom stereocenters. The normalized spacial score (nSPS) is 15.5. The van der Waals surface area contributed by atoms with Gasteiger partial charge in [-0.15, -0.1) is 0 Å². The topological polar surface area (TPSA) is 59.7 Å². The molecule has 0 amide bonds. The number of piperazine rings is 1. The van der Waals surface area contributed by atoms with Crippen LogP contribution >= 0.6 is 15.9 Å². The third-order valence-corrected chi connectivity index (χ3v) is 6.98. The molecule has 0 saturated carbocycles. The van der Waals surface area contributed by atoms with E-state index in [1.165, 1.54) is 7.11 Å². The van der Waals surface area contributed by atoms with Crippen LogP contribution in [0.1, 0.15) is 37.1 Å². The van der Waals surface area contributed by atoms with Gasteiger partial charge < -0.3 is 9.64 Å². The molecule has 1 aliphatic heterocycles. The number of methoxy groups -OCH3 is 1. The maximum Gasteiger partial charge on any atom is 0.332 e. The average Bonchev–Trinajstić information content (AvgIpc) is 3.22. The minimum Gasteiger partial charge on any atom is -0.468 e. The number of anilines is 1. The summed E-state index contributed by atoms with van der Waals surface area (Å²) in [6, 6.07) is 13.8. The fourth-order valence-corrected chi connectivity index (χ4v) is 4.83. The van der Waals surface area contributed by atoms with E-state index in [4.69, 9.17) is 4.74 Å². The van der Waals surface area contributed by atoms with E-state index < -0.39 is 6.04 Å². The summed E-state index contributed by atoms with van der Waals surface area (Å²) >= 11 is 3.46. The molecule has 2 aromatic carbocycles. The predicted octanol–water partition coefficient (Wildman–Crippen LogP) is 4.33. The summed E-state index contributed by atoms with van der Waals surface area (Å²) in [5.41, 5.74) is 3.97. The van der Waals surface area contributed by atoms with Gasteiger partial charge in [0.1, 0.15) is 6.04 Å². The molecule has 0 N–H and O–H groups in total. The third kappa shape index (κ3) is 4.83. The molecule has 7 nitrogen and oxygen atoms in total. The molecule has 0 bridgehead atoms. The van der Waals surface area contributed by atoms with Crippen LogP contribution in [-0.4, -0.2) is 53.3 Å². The van der Waals surface area contributed by atoms with E-state index in [2.05, 4.69) is 37.9 Å². The largest absolute Gasteiger partial charge is 0.468 e. The molecule has 2 heterocycles. The number of aromatic nitrogens is 2. The highest BCUT2D eigenvalue weighted by Gasteiger charge is 2.31. The Hall–Kier alpha value is -2.84. The zero-order valence-electron chi connectivity index (χ0n) is 20.1. The summed E-state index contributed by atoms with van der Waals surface area (Å²) < 4.78 is 9.54. The molecule has 1 fully saturated rings. The number of hydrogen-bond acceptors (Lipinski definition) is 5. The van der Waals surface area contributed by atoms with Crippen molar-refractivity contribution >= 4 is 27.6 Å². The van der Waals surface area contributed by atoms with Gasteiger partial charge in [0, 0.05) is 54.8 Å². The summed E-state index contributed by atoms with van der Waals surface area (Å²) in [6.45, 7) is 9.13. The number of aryl methyl sites for hydroxylation is 1. The van der Waals surface area contributed by atoms with Crippen LogP contribution < -0.4 is 10.6 Å². The van der Waals surface area contributed by atoms with Crippen molar-refractivity contribution in [3.8, 4) is 5.69 Å². The highest BCUT2D eigenvalue weighted by Crippen LogP contribution is 2.28. The van der Waals surface area contributed by atoms with Crippen molar-refractivity contribution in [1.29, 1.82) is 0 Å². The predicted molar refractivity (Wildman–Crippen MR) is 138 cm³/mol. The number of imidazole rings is 1.